The van der Waals surface area contributed by atoms with E-state index in [1.807, 2.05) is 6.26 Å². The molecule has 0 rings (SSSR count). The Balaban J connectivity index is 0. The van der Waals surface area contributed by atoms with E-state index < -0.39 is 28.5 Å². The number of halogens is 2. The molecular formula is C4H10Cl2NO2PtS+. The van der Waals surface area contributed by atoms with Gasteiger partial charge >= 0.3 is 41.3 Å². The van der Waals surface area contributed by atoms with Crippen LogP contribution < -0.4 is 5.73 Å². The van der Waals surface area contributed by atoms with Gasteiger partial charge in [-0.1, -0.05) is 0 Å². The van der Waals surface area contributed by atoms with Gasteiger partial charge in [0, 0.05) is 0 Å². The Hall–Kier alpha value is 1.05. The van der Waals surface area contributed by atoms with Crippen LogP contribution >= 0.6 is 18.8 Å². The van der Waals surface area contributed by atoms with E-state index in [2.05, 4.69) is 0 Å². The summed E-state index contributed by atoms with van der Waals surface area (Å²) in [5, 5.41) is 8.18. The van der Waals surface area contributed by atoms with Gasteiger partial charge in [0.1, 0.15) is 11.8 Å². The molecule has 1 unspecified atom stereocenters. The molecule has 0 aromatic heterocycles. The van der Waals surface area contributed by atoms with E-state index in [9.17, 15) is 4.79 Å². The van der Waals surface area contributed by atoms with Crippen molar-refractivity contribution in [2.75, 3.05) is 12.0 Å². The van der Waals surface area contributed by atoms with Crippen LogP contribution in [0.1, 0.15) is 0 Å². The minimum atomic E-state index is -0.917. The fourth-order valence-electron chi connectivity index (χ4n) is 0.275. The summed E-state index contributed by atoms with van der Waals surface area (Å²) in [6, 6.07) is -0.679. The zero-order valence-electron chi connectivity index (χ0n) is 5.74. The number of hydrogen-bond acceptors (Lipinski definition) is 2. The quantitative estimate of drug-likeness (QED) is 0.525. The van der Waals surface area contributed by atoms with Crippen LogP contribution in [0.2, 0.25) is 0 Å². The fourth-order valence-corrected chi connectivity index (χ4v) is 0.824. The van der Waals surface area contributed by atoms with Gasteiger partial charge in [0.2, 0.25) is 0 Å². The molecule has 0 aliphatic heterocycles. The number of nitrogens with two attached hydrogens (primary N) is 1. The molecule has 3 N–H and O–H groups in total. The van der Waals surface area contributed by atoms with E-state index in [1.54, 1.807) is 0 Å². The summed E-state index contributed by atoms with van der Waals surface area (Å²) in [5.74, 6) is -0.380. The van der Waals surface area contributed by atoms with Crippen molar-refractivity contribution in [3.8, 4) is 0 Å². The SMILES string of the molecule is C[SH+]CC(N)C(=O)O.[Cl][Pt][Cl]. The molecule has 1 atom stereocenters. The fraction of sp³-hybridized carbons (Fsp3) is 0.750. The van der Waals surface area contributed by atoms with E-state index in [4.69, 9.17) is 29.7 Å². The van der Waals surface area contributed by atoms with Gasteiger partial charge in [-0.25, -0.2) is 0 Å². The zero-order chi connectivity index (χ0) is 9.28. The van der Waals surface area contributed by atoms with Crippen molar-refractivity contribution in [3.63, 3.8) is 0 Å². The number of carboxylic acids is 1. The summed E-state index contributed by atoms with van der Waals surface area (Å²) in [5.41, 5.74) is 5.12. The van der Waals surface area contributed by atoms with Crippen LogP contribution in [0.15, 0.2) is 0 Å². The molecule has 0 bridgehead atoms. The molecule has 0 fully saturated rings. The molecule has 72 valence electrons. The second-order valence-corrected chi connectivity index (χ2v) is 5.77. The van der Waals surface area contributed by atoms with Crippen LogP contribution in [-0.2, 0) is 33.0 Å². The molecule has 0 aromatic rings. The average molecular weight is 402 g/mol. The summed E-state index contributed by atoms with van der Waals surface area (Å²) < 4.78 is 0. The first-order valence-electron chi connectivity index (χ1n) is 2.46. The van der Waals surface area contributed by atoms with E-state index in [0.29, 0.717) is 5.75 Å². The monoisotopic (exact) mass is 401 g/mol. The van der Waals surface area contributed by atoms with Crippen LogP contribution in [-0.4, -0.2) is 29.1 Å². The van der Waals surface area contributed by atoms with Crippen LogP contribution in [0.25, 0.3) is 0 Å². The minimum absolute atomic E-state index is 0.472. The van der Waals surface area contributed by atoms with E-state index in [-0.39, 0.29) is 0 Å². The molecule has 0 radical (unpaired) electrons. The maximum absolute atomic E-state index is 9.96. The first-order valence-corrected chi connectivity index (χ1v) is 9.62. The third kappa shape index (κ3) is 14.0. The van der Waals surface area contributed by atoms with Gasteiger partial charge in [-0.3, -0.25) is 4.79 Å². The molecule has 0 saturated carbocycles. The van der Waals surface area contributed by atoms with Crippen LogP contribution in [0.5, 0.6) is 0 Å². The number of aliphatic carboxylic acids is 1. The summed E-state index contributed by atoms with van der Waals surface area (Å²) in [6.07, 6.45) is 1.88. The molecule has 0 spiro atoms. The second kappa shape index (κ2) is 11.0. The Morgan fingerprint density at radius 3 is 2.27 bits per heavy atom. The van der Waals surface area contributed by atoms with Crippen molar-refractivity contribution in [3.05, 3.63) is 0 Å². The molecule has 0 aromatic carbocycles. The predicted octanol–water partition coefficient (Wildman–Crippen LogP) is 0.220. The topological polar surface area (TPSA) is 63.3 Å². The molecule has 0 heterocycles. The molecule has 0 amide bonds. The average Bonchev–Trinajstić information content (AvgIpc) is 1.90. The third-order valence-corrected chi connectivity index (χ3v) is 1.46. The van der Waals surface area contributed by atoms with Crippen LogP contribution in [0.3, 0.4) is 0 Å². The summed E-state index contributed by atoms with van der Waals surface area (Å²) in [6.45, 7) is 0. The number of thiol groups is 1. The summed E-state index contributed by atoms with van der Waals surface area (Å²) in [4.78, 5) is 9.96. The van der Waals surface area contributed by atoms with Gasteiger partial charge in [0.05, 0.1) is 6.26 Å². The van der Waals surface area contributed by atoms with Gasteiger partial charge in [0.15, 0.2) is 0 Å². The molecule has 0 aliphatic rings. The summed E-state index contributed by atoms with van der Waals surface area (Å²) in [7, 11) is 9.75. The normalized spacial score (nSPS) is 11.6. The molecule has 0 aliphatic carbocycles. The number of hydrogen-bond donors (Lipinski definition) is 2. The Kier molecular flexibility index (Phi) is 14.6. The van der Waals surface area contributed by atoms with Crippen molar-refractivity contribution in [1.82, 2.24) is 0 Å². The van der Waals surface area contributed by atoms with Gasteiger partial charge in [-0.2, -0.15) is 0 Å². The standard InChI is InChI=1S/C4H9NO2S.2ClH.Pt/c1-8-2-3(5)4(6)7;;;/h3H,2,5H2,1H3,(H,6,7);2*1H;/q;;;+2/p-1. The third-order valence-electron chi connectivity index (χ3n) is 0.696. The molecule has 7 heteroatoms. The van der Waals surface area contributed by atoms with Crippen molar-refractivity contribution in [1.29, 1.82) is 0 Å². The van der Waals surface area contributed by atoms with E-state index in [0.717, 1.165) is 11.8 Å². The number of carbonyl (C=O) groups is 1. The Morgan fingerprint density at radius 1 is 1.82 bits per heavy atom. The van der Waals surface area contributed by atoms with Gasteiger partial charge < -0.3 is 10.8 Å². The van der Waals surface area contributed by atoms with Crippen molar-refractivity contribution >= 4 is 36.6 Å². The first kappa shape index (κ1) is 14.6. The van der Waals surface area contributed by atoms with Crippen LogP contribution in [0.4, 0.5) is 0 Å². The Morgan fingerprint density at radius 2 is 2.18 bits per heavy atom. The second-order valence-electron chi connectivity index (χ2n) is 1.49. The van der Waals surface area contributed by atoms with Crippen molar-refractivity contribution < 1.29 is 26.4 Å². The summed E-state index contributed by atoms with van der Waals surface area (Å²) >= 11 is 0.556. The Labute approximate surface area is 86.4 Å². The van der Waals surface area contributed by atoms with E-state index >= 15 is 0 Å². The molecule has 0 saturated heterocycles. The molecule has 11 heavy (non-hydrogen) atoms. The maximum atomic E-state index is 9.96. The van der Waals surface area contributed by atoms with Crippen LogP contribution in [0, 0.1) is 0 Å². The van der Waals surface area contributed by atoms with E-state index in [1.165, 1.54) is 0 Å². The van der Waals surface area contributed by atoms with Gasteiger partial charge in [-0.15, -0.1) is 0 Å². The van der Waals surface area contributed by atoms with Crippen molar-refractivity contribution in [2.45, 2.75) is 6.04 Å². The van der Waals surface area contributed by atoms with Gasteiger partial charge in [-0.05, 0) is 11.8 Å². The molecule has 3 nitrogen and oxygen atoms in total. The number of carboxylic acid groups (broad SMARTS) is 1. The Bertz CT molecular complexity index is 108. The van der Waals surface area contributed by atoms with Gasteiger partial charge in [0.25, 0.3) is 0 Å². The zero-order valence-corrected chi connectivity index (χ0v) is 10.4. The predicted molar refractivity (Wildman–Crippen MR) is 46.9 cm³/mol. The number of rotatable bonds is 3. The van der Waals surface area contributed by atoms with Crippen molar-refractivity contribution in [2.24, 2.45) is 5.73 Å². The first-order chi connectivity index (χ1) is 5.09. The molecular weight excluding hydrogens is 392 g/mol.